The molecule has 4 rings (SSSR count). The first-order chi connectivity index (χ1) is 49.5. The maximum absolute atomic E-state index is 12.8. The lowest BCUT2D eigenvalue weighted by atomic mass is 10.0. The fraction of sp³-hybridized carbons (Fsp3) is 0.579. The molecule has 3 aromatic carbocycles. The molecule has 29 nitrogen and oxygen atoms in total. The standard InChI is InChI=1S/C20H29N3O3.2C8H10.2C5H12.C3H8O.4C2H6.8CH5N.11CH2O.3H3N/c1-15(20(26)23-12-8-5-9-13-23)21-19(25)18(22(3)16(2)24)14-17-10-6-4-7-11-17;2*1-2-8-6-4-3-5-7-8;2*1-4-5(2)3;1-3(2)4;23*1-2;;;/h4,6-7,10-11,15,18H,5,8-9,12-14H2,1-3H3,(H,21,25);2*3-7H,2H2,1H3;2*5H,4H2,1-3H3;3-4H,1-2H3;4*1-2H3;8*2H2,1H3;11*1H2;3*1H3/t15-,18-;;;;;;;;;;;;;;;;;;;;;;;;;;;;;;;/m0.............................../s1. The number of nitrogens with zero attached hydrogens (tertiary/aromatic N) is 2. The highest BCUT2D eigenvalue weighted by Crippen LogP contribution is 2.12. The summed E-state index contributed by atoms with van der Waals surface area (Å²) in [5.41, 5.74) is 39.8. The summed E-state index contributed by atoms with van der Waals surface area (Å²) in [6, 6.07) is 29.2. The number of nitrogens with one attached hydrogen (secondary N) is 1. The third-order valence-electron chi connectivity index (χ3n) is 9.07. The van der Waals surface area contributed by atoms with E-state index in [-0.39, 0.29) is 42.3 Å². The third kappa shape index (κ3) is 236. The van der Waals surface area contributed by atoms with Crippen LogP contribution in [0.2, 0.25) is 0 Å². The molecule has 0 aliphatic carbocycles. The summed E-state index contributed by atoms with van der Waals surface area (Å²) >= 11 is 0. The topological polar surface area (TPSA) is 591 Å². The molecule has 0 spiro atoms. The Labute approximate surface area is 645 Å². The van der Waals surface area contributed by atoms with Crippen LogP contribution in [-0.2, 0) is 86.4 Å². The minimum Gasteiger partial charge on any atom is -0.394 e. The number of piperidine rings is 1. The second kappa shape index (κ2) is 267. The Morgan fingerprint density at radius 2 is 0.581 bits per heavy atom. The van der Waals surface area contributed by atoms with Gasteiger partial charge in [-0.05, 0) is 138 Å². The van der Waals surface area contributed by atoms with Crippen molar-refractivity contribution >= 4 is 92.4 Å². The van der Waals surface area contributed by atoms with Gasteiger partial charge in [-0.25, -0.2) is 0 Å². The first-order valence-corrected chi connectivity index (χ1v) is 33.0. The predicted octanol–water partition coefficient (Wildman–Crippen LogP) is 9.74. The minimum absolute atomic E-state index is 0. The molecule has 1 saturated heterocycles. The van der Waals surface area contributed by atoms with Crippen molar-refractivity contribution in [2.45, 2.75) is 208 Å². The van der Waals surface area contributed by atoms with Crippen molar-refractivity contribution in [1.82, 2.24) is 33.6 Å². The second-order valence-corrected chi connectivity index (χ2v) is 15.3. The van der Waals surface area contributed by atoms with Crippen molar-refractivity contribution in [2.75, 3.05) is 76.5 Å². The molecule has 0 radical (unpaired) electrons. The summed E-state index contributed by atoms with van der Waals surface area (Å²) in [5, 5.41) is 10.9. The molecule has 1 aliphatic heterocycles. The lowest BCUT2D eigenvalue weighted by Gasteiger charge is -2.31. The summed E-state index contributed by atoms with van der Waals surface area (Å²) < 4.78 is 0. The van der Waals surface area contributed by atoms with Gasteiger partial charge in [0.15, 0.2) is 0 Å². The Bertz CT molecular complexity index is 1530. The van der Waals surface area contributed by atoms with Gasteiger partial charge < -0.3 is 137 Å². The maximum Gasteiger partial charge on any atom is 0.244 e. The average molecular weight is 1530 g/mol. The number of aliphatic hydroxyl groups is 1. The number of carbonyl (C=O) groups is 14. The van der Waals surface area contributed by atoms with E-state index in [0.29, 0.717) is 6.42 Å². The Kier molecular flexibility index (Phi) is 477. The number of likely N-dealkylation sites (tertiary alicyclic amines) is 1. The van der Waals surface area contributed by atoms with Crippen LogP contribution in [0.1, 0.15) is 187 Å². The van der Waals surface area contributed by atoms with E-state index in [0.717, 1.165) is 62.6 Å². The molecule has 3 amide bonds. The van der Waals surface area contributed by atoms with Gasteiger partial charge in [-0.1, -0.05) is 215 Å². The molecule has 1 heterocycles. The Hall–Kier alpha value is -8.04. The number of benzene rings is 3. The number of hydrogen-bond acceptors (Lipinski definition) is 26. The molecule has 640 valence electrons. The lowest BCUT2D eigenvalue weighted by molar-refractivity contribution is -0.140. The summed E-state index contributed by atoms with van der Waals surface area (Å²) in [6.07, 6.45) is 8.30. The van der Waals surface area contributed by atoms with E-state index in [1.807, 2.05) is 177 Å². The fourth-order valence-corrected chi connectivity index (χ4v) is 4.65. The summed E-state index contributed by atoms with van der Waals surface area (Å²) in [6.45, 7) is 63.7. The molecule has 29 heteroatoms. The van der Waals surface area contributed by atoms with Gasteiger partial charge in [-0.3, -0.25) is 14.4 Å². The van der Waals surface area contributed by atoms with Crippen LogP contribution in [0.25, 0.3) is 0 Å². The number of likely N-dealkylation sites (N-methyl/N-ethyl adjacent to an activating group) is 1. The van der Waals surface area contributed by atoms with E-state index in [2.05, 4.69) is 155 Å². The third-order valence-corrected chi connectivity index (χ3v) is 9.07. The fourth-order valence-electron chi connectivity index (χ4n) is 4.65. The molecule has 0 saturated carbocycles. The summed E-state index contributed by atoms with van der Waals surface area (Å²) in [4.78, 5) is 128. The smallest absolute Gasteiger partial charge is 0.244 e. The number of carbonyl (C=O) groups excluding carboxylic acids is 14. The number of amides is 3. The molecular weight excluding hydrogens is 1350 g/mol. The zero-order chi connectivity index (χ0) is 88.9. The van der Waals surface area contributed by atoms with Gasteiger partial charge in [0.1, 0.15) is 86.8 Å². The second-order valence-electron chi connectivity index (χ2n) is 15.3. The summed E-state index contributed by atoms with van der Waals surface area (Å²) in [7, 11) is 13.6. The van der Waals surface area contributed by atoms with Crippen LogP contribution < -0.4 is 69.6 Å². The highest BCUT2D eigenvalue weighted by Gasteiger charge is 2.29. The normalized spacial score (nSPS) is 7.84. The zero-order valence-corrected chi connectivity index (χ0v) is 72.7. The maximum atomic E-state index is 12.8. The van der Waals surface area contributed by atoms with Crippen LogP contribution in [0.4, 0.5) is 0 Å². The largest absolute Gasteiger partial charge is 0.394 e. The molecular formula is C76H176N14O15. The SMILES string of the molecule is C=O.C=O.C=O.C=O.C=O.C=O.C=O.C=O.C=O.C=O.C=O.CC.CC.CC.CC.CC(=O)N(C)[C@@H](Cc1ccccc1)C(=O)N[C@@H](C)C(=O)N1CCCCC1.CC(C)O.CCC(C)C.CCC(C)C.CCc1ccccc1.CCc1ccccc1.CN.CN.CN.CN.CN.CN.CN.CN.N.N.N. The van der Waals surface area contributed by atoms with Gasteiger partial charge in [0.05, 0.1) is 0 Å². The van der Waals surface area contributed by atoms with E-state index >= 15 is 0 Å². The lowest BCUT2D eigenvalue weighted by Crippen LogP contribution is -2.54. The van der Waals surface area contributed by atoms with Crippen LogP contribution in [-0.4, -0.2) is 202 Å². The van der Waals surface area contributed by atoms with Crippen molar-refractivity contribution in [3.05, 3.63) is 108 Å². The number of hydrogen-bond donors (Lipinski definition) is 13. The first kappa shape index (κ1) is 188. The van der Waals surface area contributed by atoms with Gasteiger partial charge in [-0.2, -0.15) is 0 Å². The number of rotatable bonds is 10. The van der Waals surface area contributed by atoms with Gasteiger partial charge in [0.2, 0.25) is 17.7 Å². The number of nitrogens with two attached hydrogens (primary N) is 8. The molecule has 105 heavy (non-hydrogen) atoms. The number of aryl methyl sites for hydroxylation is 2. The molecule has 0 aromatic heterocycles. The van der Waals surface area contributed by atoms with Crippen molar-refractivity contribution in [3.8, 4) is 0 Å². The summed E-state index contributed by atoms with van der Waals surface area (Å²) in [5.74, 6) is 1.23. The van der Waals surface area contributed by atoms with Crippen molar-refractivity contribution in [2.24, 2.45) is 57.7 Å². The highest BCUT2D eigenvalue weighted by atomic mass is 16.3. The van der Waals surface area contributed by atoms with E-state index in [1.54, 1.807) is 27.8 Å². The predicted molar refractivity (Wildman–Crippen MR) is 459 cm³/mol. The Morgan fingerprint density at radius 1 is 0.400 bits per heavy atom. The molecule has 3 aromatic rings. The molecule has 0 bridgehead atoms. The number of aliphatic hydroxyl groups excluding tert-OH is 1. The molecule has 0 unspecified atom stereocenters. The Morgan fingerprint density at radius 3 is 0.733 bits per heavy atom. The van der Waals surface area contributed by atoms with Crippen LogP contribution in [0.3, 0.4) is 0 Å². The van der Waals surface area contributed by atoms with Crippen LogP contribution in [0.15, 0.2) is 91.0 Å². The van der Waals surface area contributed by atoms with Crippen molar-refractivity contribution in [1.29, 1.82) is 0 Å². The van der Waals surface area contributed by atoms with E-state index in [1.165, 1.54) is 92.2 Å². The van der Waals surface area contributed by atoms with Crippen LogP contribution in [0, 0.1) is 11.8 Å². The highest BCUT2D eigenvalue weighted by molar-refractivity contribution is 5.91. The van der Waals surface area contributed by atoms with Crippen molar-refractivity contribution in [3.63, 3.8) is 0 Å². The minimum atomic E-state index is -0.647. The molecule has 27 N–H and O–H groups in total. The van der Waals surface area contributed by atoms with E-state index < -0.39 is 12.1 Å². The van der Waals surface area contributed by atoms with E-state index in [9.17, 15) is 14.4 Å². The van der Waals surface area contributed by atoms with Crippen molar-refractivity contribution < 1.29 is 72.2 Å². The van der Waals surface area contributed by atoms with Gasteiger partial charge in [0.25, 0.3) is 0 Å². The van der Waals surface area contributed by atoms with Gasteiger partial charge >= 0.3 is 0 Å². The molecule has 1 aliphatic rings. The molecule has 1 fully saturated rings. The first-order valence-electron chi connectivity index (χ1n) is 33.0. The monoisotopic (exact) mass is 1530 g/mol. The van der Waals surface area contributed by atoms with Crippen LogP contribution >= 0.6 is 0 Å². The van der Waals surface area contributed by atoms with Gasteiger partial charge in [0, 0.05) is 39.6 Å². The average Bonchev–Trinajstić information content (AvgIpc) is 0.853. The molecule has 2 atom stereocenters. The quantitative estimate of drug-likeness (QED) is 0.0897. The van der Waals surface area contributed by atoms with Crippen LogP contribution in [0.5, 0.6) is 0 Å². The zero-order valence-electron chi connectivity index (χ0n) is 72.7. The van der Waals surface area contributed by atoms with E-state index in [4.69, 9.17) is 57.8 Å². The van der Waals surface area contributed by atoms with Gasteiger partial charge in [-0.15, -0.1) is 0 Å². The Balaban J connectivity index is -0.0000000249.